The van der Waals surface area contributed by atoms with Gasteiger partial charge in [0.1, 0.15) is 0 Å². The van der Waals surface area contributed by atoms with Crippen LogP contribution in [-0.4, -0.2) is 9.85 Å². The largest absolute Gasteiger partial charge is 0.416 e. The van der Waals surface area contributed by atoms with E-state index in [4.69, 9.17) is 0 Å². The quantitative estimate of drug-likeness (QED) is 0.218. The topological polar surface area (TPSA) is 86.3 Å². The van der Waals surface area contributed by atoms with E-state index in [1.807, 2.05) is 0 Å². The van der Waals surface area contributed by atoms with Gasteiger partial charge in [-0.15, -0.1) is 0 Å². The molecule has 0 atom stereocenters. The van der Waals surface area contributed by atoms with Gasteiger partial charge in [-0.1, -0.05) is 12.1 Å². The molecule has 12 heteroatoms. The average molecular weight is 484 g/mol. The minimum Gasteiger partial charge on any atom is -0.258 e. The standard InChI is InChI=1S/C22H14F6N2O4/c1-11-3-20(14-6-16(22(26,27)28)10-18(8-14)30(33)34)12(2)4-19(11)13-5-15(21(23,24)25)9-17(7-13)29(31)32/h3-10H,1-2H3. The van der Waals surface area contributed by atoms with Crippen LogP contribution in [0.25, 0.3) is 22.3 Å². The lowest BCUT2D eigenvalue weighted by Crippen LogP contribution is -2.07. The SMILES string of the molecule is Cc1cc(-c2cc([N+](=O)[O-])cc(C(F)(F)F)c2)c(C)cc1-c1cc([N+](=O)[O-])cc(C(F)(F)F)c1. The molecule has 0 saturated heterocycles. The Labute approximate surface area is 187 Å². The number of nitro benzene ring substituents is 2. The average Bonchev–Trinajstić information content (AvgIpc) is 2.73. The van der Waals surface area contributed by atoms with E-state index in [-0.39, 0.29) is 22.3 Å². The van der Waals surface area contributed by atoms with Crippen molar-refractivity contribution < 1.29 is 36.2 Å². The zero-order valence-electron chi connectivity index (χ0n) is 17.4. The molecule has 0 unspecified atom stereocenters. The van der Waals surface area contributed by atoms with E-state index in [1.54, 1.807) is 0 Å². The van der Waals surface area contributed by atoms with Crippen molar-refractivity contribution in [2.24, 2.45) is 0 Å². The lowest BCUT2D eigenvalue weighted by Gasteiger charge is -2.16. The van der Waals surface area contributed by atoms with E-state index < -0.39 is 44.7 Å². The first-order chi connectivity index (χ1) is 15.6. The minimum absolute atomic E-state index is 0.108. The molecule has 0 aliphatic heterocycles. The summed E-state index contributed by atoms with van der Waals surface area (Å²) in [6.07, 6.45) is -9.69. The molecule has 3 aromatic carbocycles. The van der Waals surface area contributed by atoms with Crippen LogP contribution in [0.15, 0.2) is 48.5 Å². The molecule has 0 fully saturated rings. The number of nitrogens with zero attached hydrogens (tertiary/aromatic N) is 2. The van der Waals surface area contributed by atoms with E-state index in [2.05, 4.69) is 0 Å². The summed E-state index contributed by atoms with van der Waals surface area (Å²) in [5, 5.41) is 22.3. The van der Waals surface area contributed by atoms with Crippen molar-refractivity contribution in [2.45, 2.75) is 26.2 Å². The predicted octanol–water partition coefficient (Wildman–Crippen LogP) is 7.49. The Morgan fingerprint density at radius 1 is 0.588 bits per heavy atom. The molecule has 0 aliphatic carbocycles. The maximum atomic E-state index is 13.3. The first-order valence-corrected chi connectivity index (χ1v) is 9.43. The van der Waals surface area contributed by atoms with E-state index in [9.17, 15) is 46.6 Å². The number of halogens is 6. The lowest BCUT2D eigenvalue weighted by molar-refractivity contribution is -0.385. The first-order valence-electron chi connectivity index (χ1n) is 9.43. The molecule has 0 aliphatic rings. The molecule has 0 aromatic heterocycles. The lowest BCUT2D eigenvalue weighted by atomic mass is 9.90. The number of rotatable bonds is 4. The van der Waals surface area contributed by atoms with Crippen LogP contribution in [0.1, 0.15) is 22.3 Å². The highest BCUT2D eigenvalue weighted by atomic mass is 19.4. The van der Waals surface area contributed by atoms with Crippen molar-refractivity contribution in [2.75, 3.05) is 0 Å². The van der Waals surface area contributed by atoms with Crippen LogP contribution in [0.3, 0.4) is 0 Å². The van der Waals surface area contributed by atoms with Crippen LogP contribution in [0.4, 0.5) is 37.7 Å². The Bertz CT molecular complexity index is 1210. The molecule has 0 radical (unpaired) electrons. The zero-order valence-corrected chi connectivity index (χ0v) is 17.4. The van der Waals surface area contributed by atoms with Crippen molar-refractivity contribution in [1.29, 1.82) is 0 Å². The fourth-order valence-corrected chi connectivity index (χ4v) is 3.51. The number of alkyl halides is 6. The molecule has 0 bridgehead atoms. The molecule has 0 spiro atoms. The second-order valence-electron chi connectivity index (χ2n) is 7.53. The molecular formula is C22H14F6N2O4. The number of non-ortho nitro benzene ring substituents is 2. The van der Waals surface area contributed by atoms with Crippen LogP contribution in [0, 0.1) is 34.1 Å². The van der Waals surface area contributed by atoms with Gasteiger partial charge in [-0.05, 0) is 59.4 Å². The summed E-state index contributed by atoms with van der Waals surface area (Å²) in [7, 11) is 0. The Morgan fingerprint density at radius 2 is 0.912 bits per heavy atom. The number of nitro groups is 2. The Balaban J connectivity index is 2.22. The van der Waals surface area contributed by atoms with Crippen molar-refractivity contribution in [1.82, 2.24) is 0 Å². The van der Waals surface area contributed by atoms with Crippen LogP contribution in [0.2, 0.25) is 0 Å². The van der Waals surface area contributed by atoms with Gasteiger partial charge >= 0.3 is 12.4 Å². The Kier molecular flexibility index (Phi) is 6.12. The molecule has 0 N–H and O–H groups in total. The second-order valence-corrected chi connectivity index (χ2v) is 7.53. The van der Waals surface area contributed by atoms with Crippen molar-refractivity contribution >= 4 is 11.4 Å². The molecule has 6 nitrogen and oxygen atoms in total. The van der Waals surface area contributed by atoms with Crippen LogP contribution in [0.5, 0.6) is 0 Å². The first kappa shape index (κ1) is 24.7. The Hall–Kier alpha value is -3.96. The molecule has 34 heavy (non-hydrogen) atoms. The highest BCUT2D eigenvalue weighted by Gasteiger charge is 2.34. The van der Waals surface area contributed by atoms with Crippen LogP contribution in [-0.2, 0) is 12.4 Å². The fourth-order valence-electron chi connectivity index (χ4n) is 3.51. The van der Waals surface area contributed by atoms with E-state index >= 15 is 0 Å². The molecule has 0 saturated carbocycles. The van der Waals surface area contributed by atoms with Crippen molar-refractivity contribution in [3.63, 3.8) is 0 Å². The summed E-state index contributed by atoms with van der Waals surface area (Å²) < 4.78 is 79.6. The summed E-state index contributed by atoms with van der Waals surface area (Å²) in [6.45, 7) is 2.93. The number of aryl methyl sites for hydroxylation is 2. The van der Waals surface area contributed by atoms with Gasteiger partial charge in [0.25, 0.3) is 11.4 Å². The monoisotopic (exact) mass is 484 g/mol. The van der Waals surface area contributed by atoms with Crippen molar-refractivity contribution in [3.8, 4) is 22.3 Å². The fraction of sp³-hybridized carbons (Fsp3) is 0.182. The summed E-state index contributed by atoms with van der Waals surface area (Å²) >= 11 is 0. The Morgan fingerprint density at radius 3 is 1.18 bits per heavy atom. The second kappa shape index (κ2) is 8.43. The summed E-state index contributed by atoms with van der Waals surface area (Å²) in [5.41, 5.74) is -3.25. The van der Waals surface area contributed by atoms with Gasteiger partial charge in [0.05, 0.1) is 21.0 Å². The summed E-state index contributed by atoms with van der Waals surface area (Å²) in [6, 6.07) is 6.96. The highest BCUT2D eigenvalue weighted by Crippen LogP contribution is 2.40. The third-order valence-electron chi connectivity index (χ3n) is 5.11. The highest BCUT2D eigenvalue weighted by molar-refractivity contribution is 5.78. The van der Waals surface area contributed by atoms with E-state index in [1.165, 1.54) is 26.0 Å². The molecule has 0 heterocycles. The van der Waals surface area contributed by atoms with Crippen LogP contribution < -0.4 is 0 Å². The van der Waals surface area contributed by atoms with Gasteiger partial charge in [0, 0.05) is 24.3 Å². The van der Waals surface area contributed by atoms with Gasteiger partial charge in [0.2, 0.25) is 0 Å². The van der Waals surface area contributed by atoms with Gasteiger partial charge in [-0.2, -0.15) is 26.3 Å². The maximum absolute atomic E-state index is 13.3. The van der Waals surface area contributed by atoms with Gasteiger partial charge in [-0.3, -0.25) is 20.2 Å². The molecule has 3 rings (SSSR count). The third-order valence-corrected chi connectivity index (χ3v) is 5.11. The molecule has 178 valence electrons. The normalized spacial score (nSPS) is 12.0. The molecule has 3 aromatic rings. The minimum atomic E-state index is -4.85. The van der Waals surface area contributed by atoms with E-state index in [0.29, 0.717) is 23.3 Å². The smallest absolute Gasteiger partial charge is 0.258 e. The number of benzene rings is 3. The maximum Gasteiger partial charge on any atom is 0.416 e. The number of hydrogen-bond donors (Lipinski definition) is 0. The summed E-state index contributed by atoms with van der Waals surface area (Å²) in [5.74, 6) is 0. The predicted molar refractivity (Wildman–Crippen MR) is 110 cm³/mol. The van der Waals surface area contributed by atoms with E-state index in [0.717, 1.165) is 24.3 Å². The molecule has 0 amide bonds. The zero-order chi connectivity index (χ0) is 25.6. The van der Waals surface area contributed by atoms with Crippen LogP contribution >= 0.6 is 0 Å². The van der Waals surface area contributed by atoms with Gasteiger partial charge in [0.15, 0.2) is 0 Å². The third kappa shape index (κ3) is 5.00. The van der Waals surface area contributed by atoms with Crippen molar-refractivity contribution in [3.05, 3.63) is 91.0 Å². The molecular weight excluding hydrogens is 470 g/mol. The summed E-state index contributed by atoms with van der Waals surface area (Å²) in [4.78, 5) is 20.4. The van der Waals surface area contributed by atoms with Gasteiger partial charge < -0.3 is 0 Å². The van der Waals surface area contributed by atoms with Gasteiger partial charge in [-0.25, -0.2) is 0 Å². The number of hydrogen-bond acceptors (Lipinski definition) is 4.